The van der Waals surface area contributed by atoms with Crippen molar-refractivity contribution in [3.8, 4) is 0 Å². The van der Waals surface area contributed by atoms with Gasteiger partial charge in [-0.1, -0.05) is 40.4 Å². The molecule has 1 aromatic rings. The molecule has 1 fully saturated rings. The highest BCUT2D eigenvalue weighted by Crippen LogP contribution is 2.35. The molecule has 0 bridgehead atoms. The largest absolute Gasteiger partial charge is 0.391 e. The summed E-state index contributed by atoms with van der Waals surface area (Å²) in [6.07, 6.45) is 4.03. The smallest absolute Gasteiger partial charge is 0.0761 e. The zero-order valence-electron chi connectivity index (χ0n) is 9.57. The molecule has 4 heteroatoms. The maximum Gasteiger partial charge on any atom is 0.0761 e. The van der Waals surface area contributed by atoms with Gasteiger partial charge in [0.05, 0.1) is 12.1 Å². The van der Waals surface area contributed by atoms with Crippen molar-refractivity contribution >= 4 is 27.5 Å². The third kappa shape index (κ3) is 3.02. The Hall–Kier alpha value is -0.0900. The number of hydrogen-bond donors (Lipinski definition) is 2. The average Bonchev–Trinajstić information content (AvgIpc) is 2.84. The minimum absolute atomic E-state index is 0.319. The van der Waals surface area contributed by atoms with Crippen LogP contribution in [0.3, 0.4) is 0 Å². The second-order valence-electron chi connectivity index (χ2n) is 4.73. The van der Waals surface area contributed by atoms with E-state index in [1.54, 1.807) is 0 Å². The summed E-state index contributed by atoms with van der Waals surface area (Å²) in [6, 6.07) is 5.18. The van der Waals surface area contributed by atoms with E-state index in [1.165, 1.54) is 12.8 Å². The van der Waals surface area contributed by atoms with E-state index in [9.17, 15) is 5.11 Å². The molecule has 2 nitrogen and oxygen atoms in total. The van der Waals surface area contributed by atoms with Gasteiger partial charge in [0.15, 0.2) is 0 Å². The molecule has 0 radical (unpaired) electrons. The summed E-state index contributed by atoms with van der Waals surface area (Å²) in [5, 5.41) is 10.9. The van der Waals surface area contributed by atoms with Gasteiger partial charge in [0, 0.05) is 9.50 Å². The third-order valence-corrected chi connectivity index (χ3v) is 4.41. The predicted octanol–water partition coefficient (Wildman–Crippen LogP) is 3.65. The van der Waals surface area contributed by atoms with Gasteiger partial charge in [0.1, 0.15) is 0 Å². The van der Waals surface area contributed by atoms with E-state index in [2.05, 4.69) is 15.9 Å². The van der Waals surface area contributed by atoms with Gasteiger partial charge in [-0.2, -0.15) is 0 Å². The second kappa shape index (κ2) is 5.70. The van der Waals surface area contributed by atoms with E-state index < -0.39 is 12.1 Å². The van der Waals surface area contributed by atoms with Gasteiger partial charge in [-0.15, -0.1) is 0 Å². The zero-order valence-corrected chi connectivity index (χ0v) is 11.9. The first-order valence-corrected chi connectivity index (χ1v) is 7.15. The van der Waals surface area contributed by atoms with Crippen molar-refractivity contribution < 1.29 is 5.11 Å². The van der Waals surface area contributed by atoms with Crippen molar-refractivity contribution in [3.63, 3.8) is 0 Å². The van der Waals surface area contributed by atoms with E-state index in [1.807, 2.05) is 18.2 Å². The molecule has 1 aromatic carbocycles. The van der Waals surface area contributed by atoms with Crippen LogP contribution in [0.15, 0.2) is 22.7 Å². The number of aliphatic hydroxyl groups excluding tert-OH is 1. The Labute approximate surface area is 115 Å². The van der Waals surface area contributed by atoms with Crippen LogP contribution in [0.25, 0.3) is 0 Å². The number of halogens is 2. The van der Waals surface area contributed by atoms with Crippen molar-refractivity contribution in [2.45, 2.75) is 37.8 Å². The van der Waals surface area contributed by atoms with Crippen molar-refractivity contribution in [3.05, 3.63) is 33.3 Å². The Kier molecular flexibility index (Phi) is 4.47. The van der Waals surface area contributed by atoms with Crippen molar-refractivity contribution in [2.75, 3.05) is 0 Å². The Morgan fingerprint density at radius 1 is 1.35 bits per heavy atom. The lowest BCUT2D eigenvalue weighted by atomic mass is 9.91. The minimum Gasteiger partial charge on any atom is -0.391 e. The van der Waals surface area contributed by atoms with Crippen LogP contribution in [-0.4, -0.2) is 11.2 Å². The molecule has 1 aliphatic carbocycles. The summed E-state index contributed by atoms with van der Waals surface area (Å²) in [5.74, 6) is 0.319. The molecule has 1 saturated carbocycles. The fourth-order valence-electron chi connectivity index (χ4n) is 2.55. The van der Waals surface area contributed by atoms with E-state index >= 15 is 0 Å². The Bertz CT molecular complexity index is 393. The SMILES string of the molecule is N[C@@H](c1cc(Br)ccc1Cl)[C@H](O)C1CCCC1. The number of rotatable bonds is 3. The molecule has 1 aliphatic rings. The Morgan fingerprint density at radius 3 is 2.65 bits per heavy atom. The van der Waals surface area contributed by atoms with Crippen LogP contribution in [0.1, 0.15) is 37.3 Å². The highest BCUT2D eigenvalue weighted by atomic mass is 79.9. The first kappa shape index (κ1) is 13.3. The average molecular weight is 319 g/mol. The third-order valence-electron chi connectivity index (χ3n) is 3.57. The van der Waals surface area contributed by atoms with Crippen molar-refractivity contribution in [1.29, 1.82) is 0 Å². The van der Waals surface area contributed by atoms with Gasteiger partial charge < -0.3 is 10.8 Å². The normalized spacial score (nSPS) is 20.5. The molecular weight excluding hydrogens is 302 g/mol. The quantitative estimate of drug-likeness (QED) is 0.893. The molecule has 0 amide bonds. The summed E-state index contributed by atoms with van der Waals surface area (Å²) in [4.78, 5) is 0. The standard InChI is InChI=1S/C13H17BrClNO/c14-9-5-6-11(15)10(7-9)12(16)13(17)8-3-1-2-4-8/h5-8,12-13,17H,1-4,16H2/t12-,13+/m0/s1. The molecule has 2 atom stereocenters. The predicted molar refractivity (Wildman–Crippen MR) is 74.0 cm³/mol. The molecule has 94 valence electrons. The van der Waals surface area contributed by atoms with Crippen LogP contribution in [0.5, 0.6) is 0 Å². The molecule has 3 N–H and O–H groups in total. The van der Waals surface area contributed by atoms with Crippen LogP contribution in [-0.2, 0) is 0 Å². The lowest BCUT2D eigenvalue weighted by molar-refractivity contribution is 0.0845. The first-order valence-electron chi connectivity index (χ1n) is 5.98. The van der Waals surface area contributed by atoms with Gasteiger partial charge in [0.2, 0.25) is 0 Å². The van der Waals surface area contributed by atoms with E-state index in [0.717, 1.165) is 22.9 Å². The van der Waals surface area contributed by atoms with Crippen LogP contribution >= 0.6 is 27.5 Å². The van der Waals surface area contributed by atoms with Gasteiger partial charge in [-0.3, -0.25) is 0 Å². The summed E-state index contributed by atoms with van der Waals surface area (Å²) in [5.41, 5.74) is 6.95. The summed E-state index contributed by atoms with van der Waals surface area (Å²) >= 11 is 9.53. The number of aliphatic hydroxyl groups is 1. The lowest BCUT2D eigenvalue weighted by Crippen LogP contribution is -2.32. The summed E-state index contributed by atoms with van der Waals surface area (Å²) in [7, 11) is 0. The summed E-state index contributed by atoms with van der Waals surface area (Å²) < 4.78 is 0.936. The number of nitrogens with two attached hydrogens (primary N) is 1. The minimum atomic E-state index is -0.496. The fourth-order valence-corrected chi connectivity index (χ4v) is 3.17. The molecular formula is C13H17BrClNO. The van der Waals surface area contributed by atoms with E-state index in [0.29, 0.717) is 10.9 Å². The number of benzene rings is 1. The molecule has 2 rings (SSSR count). The maximum atomic E-state index is 10.3. The van der Waals surface area contributed by atoms with Crippen molar-refractivity contribution in [1.82, 2.24) is 0 Å². The van der Waals surface area contributed by atoms with Crippen molar-refractivity contribution in [2.24, 2.45) is 11.7 Å². The van der Waals surface area contributed by atoms with Gasteiger partial charge in [-0.25, -0.2) is 0 Å². The van der Waals surface area contributed by atoms with Gasteiger partial charge in [-0.05, 0) is 42.5 Å². The molecule has 0 aliphatic heterocycles. The Morgan fingerprint density at radius 2 is 2.00 bits per heavy atom. The van der Waals surface area contributed by atoms with E-state index in [4.69, 9.17) is 17.3 Å². The molecule has 0 heterocycles. The maximum absolute atomic E-state index is 10.3. The van der Waals surface area contributed by atoms with Crippen LogP contribution in [0, 0.1) is 5.92 Å². The van der Waals surface area contributed by atoms with Crippen LogP contribution in [0.2, 0.25) is 5.02 Å². The molecule has 0 saturated heterocycles. The topological polar surface area (TPSA) is 46.2 Å². The molecule has 0 spiro atoms. The highest BCUT2D eigenvalue weighted by molar-refractivity contribution is 9.10. The number of hydrogen-bond acceptors (Lipinski definition) is 2. The monoisotopic (exact) mass is 317 g/mol. The summed E-state index contributed by atoms with van der Waals surface area (Å²) in [6.45, 7) is 0. The lowest BCUT2D eigenvalue weighted by Gasteiger charge is -2.25. The van der Waals surface area contributed by atoms with E-state index in [-0.39, 0.29) is 0 Å². The molecule has 0 unspecified atom stereocenters. The molecule has 0 aromatic heterocycles. The highest BCUT2D eigenvalue weighted by Gasteiger charge is 2.29. The van der Waals surface area contributed by atoms with Crippen LogP contribution in [0.4, 0.5) is 0 Å². The first-order chi connectivity index (χ1) is 8.09. The molecule has 17 heavy (non-hydrogen) atoms. The van der Waals surface area contributed by atoms with Gasteiger partial charge in [0.25, 0.3) is 0 Å². The fraction of sp³-hybridized carbons (Fsp3) is 0.538. The second-order valence-corrected chi connectivity index (χ2v) is 6.05. The Balaban J connectivity index is 2.17. The zero-order chi connectivity index (χ0) is 12.4. The van der Waals surface area contributed by atoms with Crippen LogP contribution < -0.4 is 5.73 Å². The van der Waals surface area contributed by atoms with Gasteiger partial charge >= 0.3 is 0 Å².